The maximum atomic E-state index is 12.2. The quantitative estimate of drug-likeness (QED) is 0.758. The summed E-state index contributed by atoms with van der Waals surface area (Å²) in [6.07, 6.45) is 0. The van der Waals surface area contributed by atoms with Gasteiger partial charge in [-0.05, 0) is 31.3 Å². The number of benzene rings is 1. The maximum Gasteiger partial charge on any atom is 0.180 e. The Morgan fingerprint density at radius 1 is 1.44 bits per heavy atom. The Morgan fingerprint density at radius 2 is 2.12 bits per heavy atom. The molecule has 0 bridgehead atoms. The minimum Gasteiger partial charge on any atom is -0.295 e. The second-order valence-corrected chi connectivity index (χ2v) is 5.53. The third kappa shape index (κ3) is 2.59. The SMILES string of the molecule is CN1CCSCC1C(=O)c1ccc(Cl)cc1. The molecule has 0 saturated carbocycles. The van der Waals surface area contributed by atoms with Crippen molar-refractivity contribution in [2.75, 3.05) is 25.1 Å². The molecule has 1 saturated heterocycles. The van der Waals surface area contributed by atoms with E-state index in [1.165, 1.54) is 0 Å². The van der Waals surface area contributed by atoms with Crippen molar-refractivity contribution in [2.24, 2.45) is 0 Å². The van der Waals surface area contributed by atoms with Crippen molar-refractivity contribution in [3.63, 3.8) is 0 Å². The highest BCUT2D eigenvalue weighted by Crippen LogP contribution is 2.19. The molecule has 86 valence electrons. The second kappa shape index (κ2) is 5.21. The smallest absolute Gasteiger partial charge is 0.180 e. The predicted molar refractivity (Wildman–Crippen MR) is 69.5 cm³/mol. The standard InChI is InChI=1S/C12H14ClNOS/c1-14-6-7-16-8-11(14)12(15)9-2-4-10(13)5-3-9/h2-5,11H,6-8H2,1H3. The van der Waals surface area contributed by atoms with Crippen LogP contribution in [0.1, 0.15) is 10.4 Å². The number of nitrogens with zero attached hydrogens (tertiary/aromatic N) is 1. The van der Waals surface area contributed by atoms with E-state index in [-0.39, 0.29) is 11.8 Å². The van der Waals surface area contributed by atoms with Crippen LogP contribution in [0.15, 0.2) is 24.3 Å². The molecule has 0 aliphatic carbocycles. The Balaban J connectivity index is 2.14. The first kappa shape index (κ1) is 12.0. The van der Waals surface area contributed by atoms with Gasteiger partial charge in [0.25, 0.3) is 0 Å². The second-order valence-electron chi connectivity index (χ2n) is 3.94. The summed E-state index contributed by atoms with van der Waals surface area (Å²) < 4.78 is 0. The number of carbonyl (C=O) groups excluding carboxylic acids is 1. The minimum absolute atomic E-state index is 0.0138. The van der Waals surface area contributed by atoms with E-state index in [2.05, 4.69) is 4.90 Å². The monoisotopic (exact) mass is 255 g/mol. The first-order chi connectivity index (χ1) is 7.68. The average Bonchev–Trinajstić information content (AvgIpc) is 2.30. The lowest BCUT2D eigenvalue weighted by Gasteiger charge is -2.30. The molecule has 0 N–H and O–H groups in total. The van der Waals surface area contributed by atoms with Crippen molar-refractivity contribution in [3.8, 4) is 0 Å². The van der Waals surface area contributed by atoms with Gasteiger partial charge in [0.15, 0.2) is 5.78 Å². The first-order valence-electron chi connectivity index (χ1n) is 5.26. The van der Waals surface area contributed by atoms with Crippen LogP contribution in [0.4, 0.5) is 0 Å². The Kier molecular flexibility index (Phi) is 3.90. The van der Waals surface area contributed by atoms with Gasteiger partial charge in [-0.25, -0.2) is 0 Å². The van der Waals surface area contributed by atoms with E-state index in [9.17, 15) is 4.79 Å². The molecule has 0 amide bonds. The van der Waals surface area contributed by atoms with E-state index in [4.69, 9.17) is 11.6 Å². The summed E-state index contributed by atoms with van der Waals surface area (Å²) in [5.41, 5.74) is 0.753. The number of hydrogen-bond acceptors (Lipinski definition) is 3. The molecule has 1 aromatic rings. The van der Waals surface area contributed by atoms with Gasteiger partial charge in [0.05, 0.1) is 6.04 Å². The topological polar surface area (TPSA) is 20.3 Å². The number of Topliss-reactive ketones (excluding diaryl/α,β-unsaturated/α-hetero) is 1. The van der Waals surface area contributed by atoms with Gasteiger partial charge in [-0.1, -0.05) is 11.6 Å². The lowest BCUT2D eigenvalue weighted by Crippen LogP contribution is -2.44. The third-order valence-corrected chi connectivity index (χ3v) is 4.10. The largest absolute Gasteiger partial charge is 0.295 e. The predicted octanol–water partition coefficient (Wildman–Crippen LogP) is 2.57. The molecule has 0 radical (unpaired) electrons. The highest BCUT2D eigenvalue weighted by Gasteiger charge is 2.26. The van der Waals surface area contributed by atoms with Crippen molar-refractivity contribution < 1.29 is 4.79 Å². The van der Waals surface area contributed by atoms with Crippen LogP contribution >= 0.6 is 23.4 Å². The van der Waals surface area contributed by atoms with Crippen molar-refractivity contribution in [1.29, 1.82) is 0 Å². The fraction of sp³-hybridized carbons (Fsp3) is 0.417. The van der Waals surface area contributed by atoms with Crippen LogP contribution in [0.3, 0.4) is 0 Å². The molecule has 1 aromatic carbocycles. The molecule has 1 aliphatic heterocycles. The lowest BCUT2D eigenvalue weighted by molar-refractivity contribution is 0.0874. The van der Waals surface area contributed by atoms with E-state index in [0.29, 0.717) is 5.02 Å². The molecule has 0 aromatic heterocycles. The molecular weight excluding hydrogens is 242 g/mol. The highest BCUT2D eigenvalue weighted by molar-refractivity contribution is 7.99. The van der Waals surface area contributed by atoms with Crippen LogP contribution in [-0.4, -0.2) is 41.8 Å². The zero-order valence-corrected chi connectivity index (χ0v) is 10.7. The highest BCUT2D eigenvalue weighted by atomic mass is 35.5. The molecule has 1 aliphatic rings. The third-order valence-electron chi connectivity index (χ3n) is 2.83. The number of ketones is 1. The van der Waals surface area contributed by atoms with E-state index < -0.39 is 0 Å². The number of likely N-dealkylation sites (N-methyl/N-ethyl adjacent to an activating group) is 1. The number of thioether (sulfide) groups is 1. The van der Waals surface area contributed by atoms with Gasteiger partial charge in [0.2, 0.25) is 0 Å². The van der Waals surface area contributed by atoms with E-state index in [0.717, 1.165) is 23.6 Å². The molecule has 16 heavy (non-hydrogen) atoms. The van der Waals surface area contributed by atoms with Crippen LogP contribution < -0.4 is 0 Å². The Bertz CT molecular complexity index is 379. The molecular formula is C12H14ClNOS. The Morgan fingerprint density at radius 3 is 2.75 bits per heavy atom. The summed E-state index contributed by atoms with van der Waals surface area (Å²) in [6, 6.07) is 7.16. The fourth-order valence-electron chi connectivity index (χ4n) is 1.77. The van der Waals surface area contributed by atoms with Gasteiger partial charge in [0.1, 0.15) is 0 Å². The summed E-state index contributed by atoms with van der Waals surface area (Å²) in [5, 5.41) is 0.669. The summed E-state index contributed by atoms with van der Waals surface area (Å²) in [7, 11) is 2.01. The number of hydrogen-bond donors (Lipinski definition) is 0. The molecule has 0 spiro atoms. The van der Waals surface area contributed by atoms with Gasteiger partial charge in [-0.3, -0.25) is 9.69 Å². The molecule has 4 heteroatoms. The van der Waals surface area contributed by atoms with E-state index >= 15 is 0 Å². The zero-order valence-electron chi connectivity index (χ0n) is 9.15. The molecule has 1 unspecified atom stereocenters. The molecule has 1 atom stereocenters. The minimum atomic E-state index is 0.0138. The van der Waals surface area contributed by atoms with Crippen molar-refractivity contribution in [3.05, 3.63) is 34.9 Å². The van der Waals surface area contributed by atoms with Crippen LogP contribution in [0.5, 0.6) is 0 Å². The molecule has 2 rings (SSSR count). The summed E-state index contributed by atoms with van der Waals surface area (Å²) in [5.74, 6) is 2.20. The number of halogens is 1. The van der Waals surface area contributed by atoms with Gasteiger partial charge in [0, 0.05) is 28.6 Å². The summed E-state index contributed by atoms with van der Waals surface area (Å²) in [6.45, 7) is 0.981. The van der Waals surface area contributed by atoms with Crippen molar-refractivity contribution >= 4 is 29.1 Å². The summed E-state index contributed by atoms with van der Waals surface area (Å²) in [4.78, 5) is 14.4. The van der Waals surface area contributed by atoms with Crippen molar-refractivity contribution in [2.45, 2.75) is 6.04 Å². The zero-order chi connectivity index (χ0) is 11.5. The first-order valence-corrected chi connectivity index (χ1v) is 6.79. The Hall–Kier alpha value is -0.510. The van der Waals surface area contributed by atoms with Crippen LogP contribution in [-0.2, 0) is 0 Å². The van der Waals surface area contributed by atoms with Crippen LogP contribution in [0.2, 0.25) is 5.02 Å². The van der Waals surface area contributed by atoms with E-state index in [1.54, 1.807) is 24.3 Å². The van der Waals surface area contributed by atoms with Crippen molar-refractivity contribution in [1.82, 2.24) is 4.90 Å². The normalized spacial score (nSPS) is 22.0. The van der Waals surface area contributed by atoms with Gasteiger partial charge in [-0.15, -0.1) is 0 Å². The molecule has 2 nitrogen and oxygen atoms in total. The van der Waals surface area contributed by atoms with Crippen LogP contribution in [0, 0.1) is 0 Å². The fourth-order valence-corrected chi connectivity index (χ4v) is 3.11. The van der Waals surface area contributed by atoms with Gasteiger partial charge < -0.3 is 0 Å². The number of rotatable bonds is 2. The van der Waals surface area contributed by atoms with Gasteiger partial charge >= 0.3 is 0 Å². The van der Waals surface area contributed by atoms with Gasteiger partial charge in [-0.2, -0.15) is 11.8 Å². The number of carbonyl (C=O) groups is 1. The molecule has 1 fully saturated rings. The summed E-state index contributed by atoms with van der Waals surface area (Å²) >= 11 is 7.65. The average molecular weight is 256 g/mol. The van der Waals surface area contributed by atoms with Crippen LogP contribution in [0.25, 0.3) is 0 Å². The Labute approximate surface area is 105 Å². The lowest BCUT2D eigenvalue weighted by atomic mass is 10.0. The van der Waals surface area contributed by atoms with E-state index in [1.807, 2.05) is 18.8 Å². The maximum absolute atomic E-state index is 12.2. The molecule has 1 heterocycles.